The van der Waals surface area contributed by atoms with Gasteiger partial charge in [0.25, 0.3) is 0 Å². The van der Waals surface area contributed by atoms with Gasteiger partial charge in [0.15, 0.2) is 11.6 Å². The van der Waals surface area contributed by atoms with Gasteiger partial charge in [-0.2, -0.15) is 18.3 Å². The molecular weight excluding hydrogens is 458 g/mol. The van der Waals surface area contributed by atoms with Crippen molar-refractivity contribution in [2.45, 2.75) is 45.2 Å². The highest BCUT2D eigenvalue weighted by Crippen LogP contribution is 2.30. The van der Waals surface area contributed by atoms with Crippen molar-refractivity contribution in [2.75, 3.05) is 6.54 Å². The lowest BCUT2D eigenvalue weighted by molar-refractivity contribution is -0.186. The van der Waals surface area contributed by atoms with Gasteiger partial charge in [0, 0.05) is 36.7 Å². The molecule has 1 fully saturated rings. The molecule has 1 aliphatic heterocycles. The number of carbonyl (C=O) groups excluding carboxylic acids is 3. The second-order valence-corrected chi connectivity index (χ2v) is 8.08. The summed E-state index contributed by atoms with van der Waals surface area (Å²) in [6.45, 7) is 1.69. The first-order chi connectivity index (χ1) is 16.0. The van der Waals surface area contributed by atoms with E-state index in [0.717, 1.165) is 0 Å². The Bertz CT molecular complexity index is 1290. The second kappa shape index (κ2) is 8.58. The van der Waals surface area contributed by atoms with E-state index in [1.807, 2.05) is 0 Å². The molecule has 2 atom stereocenters. The van der Waals surface area contributed by atoms with Crippen LogP contribution in [0.5, 0.6) is 0 Å². The van der Waals surface area contributed by atoms with Crippen LogP contribution < -0.4 is 0 Å². The third-order valence-electron chi connectivity index (χ3n) is 5.63. The Balaban J connectivity index is 1.68. The Kier molecular flexibility index (Phi) is 5.92. The van der Waals surface area contributed by atoms with Crippen LogP contribution in [0, 0.1) is 6.92 Å². The van der Waals surface area contributed by atoms with Gasteiger partial charge in [0.05, 0.1) is 18.1 Å². The predicted molar refractivity (Wildman–Crippen MR) is 112 cm³/mol. The van der Waals surface area contributed by atoms with Crippen LogP contribution in [0.3, 0.4) is 0 Å². The highest BCUT2D eigenvalue weighted by Gasteiger charge is 2.50. The number of nitrogens with zero attached hydrogens (tertiary/aromatic N) is 5. The fourth-order valence-corrected chi connectivity index (χ4v) is 4.01. The minimum Gasteiger partial charge on any atom is -0.322 e. The number of aromatic nitrogens is 4. The van der Waals surface area contributed by atoms with Crippen LogP contribution in [-0.4, -0.2) is 67.1 Å². The third kappa shape index (κ3) is 4.39. The normalized spacial score (nSPS) is 18.5. The number of halogens is 4. The van der Waals surface area contributed by atoms with E-state index in [4.69, 9.17) is 0 Å². The molecule has 178 valence electrons. The van der Waals surface area contributed by atoms with E-state index >= 15 is 0 Å². The molecule has 3 heterocycles. The maximum Gasteiger partial charge on any atom is 0.471 e. The van der Waals surface area contributed by atoms with E-state index < -0.39 is 49.6 Å². The lowest BCUT2D eigenvalue weighted by Crippen LogP contribution is -2.47. The number of rotatable bonds is 5. The summed E-state index contributed by atoms with van der Waals surface area (Å²) in [5, 5.41) is 4.61. The van der Waals surface area contributed by atoms with E-state index in [1.165, 1.54) is 11.6 Å². The number of aryl methyl sites for hydroxylation is 1. The quantitative estimate of drug-likeness (QED) is 0.414. The zero-order valence-electron chi connectivity index (χ0n) is 18.1. The summed E-state index contributed by atoms with van der Waals surface area (Å²) < 4.78 is 53.8. The Labute approximate surface area is 190 Å². The summed E-state index contributed by atoms with van der Waals surface area (Å²) in [6, 6.07) is 3.42. The Hall–Kier alpha value is -3.70. The first kappa shape index (κ1) is 23.5. The van der Waals surface area contributed by atoms with Crippen molar-refractivity contribution in [2.24, 2.45) is 0 Å². The Morgan fingerprint density at radius 3 is 2.41 bits per heavy atom. The smallest absolute Gasteiger partial charge is 0.322 e. The molecule has 0 saturated carbocycles. The molecule has 1 amide bonds. The number of Topliss-reactive ketones (excluding diaryl/α,β-unsaturated/α-hetero) is 2. The van der Waals surface area contributed by atoms with Gasteiger partial charge in [-0.3, -0.25) is 19.1 Å². The first-order valence-electron chi connectivity index (χ1n) is 10.3. The van der Waals surface area contributed by atoms with Gasteiger partial charge in [-0.25, -0.2) is 14.4 Å². The molecule has 0 bridgehead atoms. The second-order valence-electron chi connectivity index (χ2n) is 8.08. The maximum absolute atomic E-state index is 13.9. The number of hydrogen-bond donors (Lipinski definition) is 0. The van der Waals surface area contributed by atoms with Crippen molar-refractivity contribution < 1.29 is 31.9 Å². The molecule has 0 spiro atoms. The average Bonchev–Trinajstić information content (AvgIpc) is 3.33. The number of amides is 1. The lowest BCUT2D eigenvalue weighted by Gasteiger charge is -2.24. The number of likely N-dealkylation sites (tertiary alicyclic amines) is 1. The molecular formula is C22H19F4N5O3. The van der Waals surface area contributed by atoms with Gasteiger partial charge < -0.3 is 4.90 Å². The van der Waals surface area contributed by atoms with Crippen LogP contribution in [0.25, 0.3) is 22.0 Å². The van der Waals surface area contributed by atoms with Gasteiger partial charge in [0.2, 0.25) is 0 Å². The fraction of sp³-hybridized carbons (Fsp3) is 0.364. The first-order valence-corrected chi connectivity index (χ1v) is 10.3. The van der Waals surface area contributed by atoms with Crippen LogP contribution in [0.15, 0.2) is 30.6 Å². The molecule has 1 aliphatic rings. The molecule has 1 saturated heterocycles. The topological polar surface area (TPSA) is 98.1 Å². The van der Waals surface area contributed by atoms with E-state index in [1.54, 1.807) is 37.5 Å². The molecule has 3 aromatic rings. The number of hydrogen-bond acceptors (Lipinski definition) is 6. The molecule has 0 aliphatic carbocycles. The molecule has 12 heteroatoms. The number of ketones is 2. The van der Waals surface area contributed by atoms with Gasteiger partial charge >= 0.3 is 12.1 Å². The van der Waals surface area contributed by atoms with E-state index in [0.29, 0.717) is 27.9 Å². The molecule has 1 aromatic carbocycles. The summed E-state index contributed by atoms with van der Waals surface area (Å²) in [5.74, 6) is -2.87. The molecule has 2 aromatic heterocycles. The van der Waals surface area contributed by atoms with Crippen molar-refractivity contribution in [1.82, 2.24) is 24.6 Å². The monoisotopic (exact) mass is 477 g/mol. The molecule has 8 nitrogen and oxygen atoms in total. The van der Waals surface area contributed by atoms with Crippen LogP contribution >= 0.6 is 0 Å². The summed E-state index contributed by atoms with van der Waals surface area (Å²) in [7, 11) is 0. The highest BCUT2D eigenvalue weighted by atomic mass is 19.4. The zero-order valence-corrected chi connectivity index (χ0v) is 18.1. The Morgan fingerprint density at radius 2 is 1.79 bits per heavy atom. The Morgan fingerprint density at radius 1 is 1.12 bits per heavy atom. The molecule has 0 N–H and O–H groups in total. The summed E-state index contributed by atoms with van der Waals surface area (Å²) >= 11 is 0. The van der Waals surface area contributed by atoms with E-state index in [9.17, 15) is 31.9 Å². The number of fused-ring (bicyclic) bond motifs is 1. The van der Waals surface area contributed by atoms with Gasteiger partial charge in [0.1, 0.15) is 24.2 Å². The van der Waals surface area contributed by atoms with Crippen LogP contribution in [0.1, 0.15) is 29.7 Å². The van der Waals surface area contributed by atoms with Gasteiger partial charge in [-0.05, 0) is 24.6 Å². The molecule has 34 heavy (non-hydrogen) atoms. The van der Waals surface area contributed by atoms with E-state index in [2.05, 4.69) is 15.1 Å². The summed E-state index contributed by atoms with van der Waals surface area (Å²) in [6.07, 6.45) is -4.27. The maximum atomic E-state index is 13.9. The minimum atomic E-state index is -5.22. The predicted octanol–water partition coefficient (Wildman–Crippen LogP) is 3.07. The number of benzene rings is 1. The average molecular weight is 477 g/mol. The largest absolute Gasteiger partial charge is 0.471 e. The minimum absolute atomic E-state index is 0.0655. The summed E-state index contributed by atoms with van der Waals surface area (Å²) in [5.41, 5.74) is 1.83. The van der Waals surface area contributed by atoms with Crippen molar-refractivity contribution >= 4 is 28.4 Å². The van der Waals surface area contributed by atoms with Crippen molar-refractivity contribution in [3.05, 3.63) is 42.1 Å². The number of alkyl halides is 4. The standard InChI is InChI=1S/C22H19F4N5O3/c1-11(32)20-16-5-13(14-7-27-12(2)28-8-14)3-4-17(16)31(29-20)10-19(33)18-6-15(23)9-30(18)21(34)22(24,25)26/h3-5,7-8,15,18H,6,9-10H2,1-2H3/t15-,18?/m0/s1. The molecule has 0 radical (unpaired) electrons. The van der Waals surface area contributed by atoms with Crippen LogP contribution in [-0.2, 0) is 16.1 Å². The third-order valence-corrected chi connectivity index (χ3v) is 5.63. The molecule has 4 rings (SSSR count). The van der Waals surface area contributed by atoms with E-state index in [-0.39, 0.29) is 16.4 Å². The summed E-state index contributed by atoms with van der Waals surface area (Å²) in [4.78, 5) is 45.2. The van der Waals surface area contributed by atoms with Gasteiger partial charge in [-0.15, -0.1) is 0 Å². The molecule has 1 unspecified atom stereocenters. The van der Waals surface area contributed by atoms with Crippen molar-refractivity contribution in [1.29, 1.82) is 0 Å². The zero-order chi connectivity index (χ0) is 24.8. The van der Waals surface area contributed by atoms with Crippen molar-refractivity contribution in [3.63, 3.8) is 0 Å². The van der Waals surface area contributed by atoms with Gasteiger partial charge in [-0.1, -0.05) is 6.07 Å². The number of carbonyl (C=O) groups is 3. The van der Waals surface area contributed by atoms with Crippen LogP contribution in [0.2, 0.25) is 0 Å². The highest BCUT2D eigenvalue weighted by molar-refractivity contribution is 6.06. The SMILES string of the molecule is CC(=O)c1nn(CC(=O)C2C[C@H](F)CN2C(=O)C(F)(F)F)c2ccc(-c3cnc(C)nc3)cc12. The van der Waals surface area contributed by atoms with Crippen LogP contribution in [0.4, 0.5) is 17.6 Å². The van der Waals surface area contributed by atoms with Crippen molar-refractivity contribution in [3.8, 4) is 11.1 Å². The fourth-order valence-electron chi connectivity index (χ4n) is 4.01. The lowest BCUT2D eigenvalue weighted by atomic mass is 10.0.